The Morgan fingerprint density at radius 2 is 1.46 bits per heavy atom. The summed E-state index contributed by atoms with van der Waals surface area (Å²) in [5.41, 5.74) is 1.29. The van der Waals surface area contributed by atoms with Gasteiger partial charge in [0.25, 0.3) is 11.8 Å². The van der Waals surface area contributed by atoms with Gasteiger partial charge in [0, 0.05) is 37.3 Å². The lowest BCUT2D eigenvalue weighted by Crippen LogP contribution is -2.39. The van der Waals surface area contributed by atoms with Gasteiger partial charge < -0.3 is 9.80 Å². The Bertz CT molecular complexity index is 562. The van der Waals surface area contributed by atoms with E-state index in [0.29, 0.717) is 17.0 Å². The third-order valence-corrected chi connectivity index (χ3v) is 5.19. The van der Waals surface area contributed by atoms with Gasteiger partial charge in [-0.05, 0) is 49.8 Å². The van der Waals surface area contributed by atoms with Crippen molar-refractivity contribution in [3.8, 4) is 0 Å². The van der Waals surface area contributed by atoms with E-state index in [1.807, 2.05) is 28.0 Å². The minimum absolute atomic E-state index is 0.0621. The summed E-state index contributed by atoms with van der Waals surface area (Å²) in [4.78, 5) is 29.4. The molecule has 24 heavy (non-hydrogen) atoms. The van der Waals surface area contributed by atoms with E-state index >= 15 is 0 Å². The van der Waals surface area contributed by atoms with Crippen molar-refractivity contribution in [2.75, 3.05) is 26.2 Å². The number of amides is 2. The van der Waals surface area contributed by atoms with Gasteiger partial charge in [-0.3, -0.25) is 9.59 Å². The molecular weight excluding hydrogens is 300 g/mol. The molecule has 4 nitrogen and oxygen atoms in total. The normalized spacial score (nSPS) is 22.1. The zero-order valence-electron chi connectivity index (χ0n) is 14.7. The molecule has 3 rings (SSSR count). The molecule has 0 aliphatic carbocycles. The second kappa shape index (κ2) is 7.82. The van der Waals surface area contributed by atoms with Crippen LogP contribution in [0.2, 0.25) is 0 Å². The first-order valence-corrected chi connectivity index (χ1v) is 9.34. The summed E-state index contributed by atoms with van der Waals surface area (Å²) in [7, 11) is 0. The SMILES string of the molecule is CC1CCCN(C(=O)c2cccc(C(=O)N3CCCCCC3)c2)C1. The summed E-state index contributed by atoms with van der Waals surface area (Å²) in [6.07, 6.45) is 6.83. The van der Waals surface area contributed by atoms with Gasteiger partial charge in [0.2, 0.25) is 0 Å². The van der Waals surface area contributed by atoms with Crippen LogP contribution < -0.4 is 0 Å². The van der Waals surface area contributed by atoms with E-state index in [9.17, 15) is 9.59 Å². The molecule has 1 aromatic carbocycles. The highest BCUT2D eigenvalue weighted by Gasteiger charge is 2.23. The summed E-state index contributed by atoms with van der Waals surface area (Å²) in [6.45, 7) is 5.51. The molecule has 0 spiro atoms. The predicted octanol–water partition coefficient (Wildman–Crippen LogP) is 3.57. The molecule has 1 atom stereocenters. The van der Waals surface area contributed by atoms with E-state index < -0.39 is 0 Å². The fraction of sp³-hybridized carbons (Fsp3) is 0.600. The zero-order valence-corrected chi connectivity index (χ0v) is 14.7. The molecule has 2 heterocycles. The van der Waals surface area contributed by atoms with Crippen molar-refractivity contribution in [2.24, 2.45) is 5.92 Å². The zero-order chi connectivity index (χ0) is 16.9. The van der Waals surface area contributed by atoms with E-state index in [0.717, 1.165) is 45.4 Å². The van der Waals surface area contributed by atoms with E-state index in [4.69, 9.17) is 0 Å². The highest BCUT2D eigenvalue weighted by molar-refractivity contribution is 5.99. The van der Waals surface area contributed by atoms with Gasteiger partial charge in [-0.15, -0.1) is 0 Å². The van der Waals surface area contributed by atoms with Crippen LogP contribution in [0.4, 0.5) is 0 Å². The average Bonchev–Trinajstić information content (AvgIpc) is 2.90. The first kappa shape index (κ1) is 17.0. The van der Waals surface area contributed by atoms with Crippen LogP contribution in [-0.2, 0) is 0 Å². The van der Waals surface area contributed by atoms with Crippen LogP contribution in [0.3, 0.4) is 0 Å². The molecule has 0 saturated carbocycles. The van der Waals surface area contributed by atoms with Crippen LogP contribution in [0.1, 0.15) is 66.2 Å². The molecule has 0 bridgehead atoms. The molecule has 1 aromatic rings. The Kier molecular flexibility index (Phi) is 5.54. The molecule has 2 amide bonds. The smallest absolute Gasteiger partial charge is 0.253 e. The minimum atomic E-state index is 0.0621. The highest BCUT2D eigenvalue weighted by atomic mass is 16.2. The predicted molar refractivity (Wildman–Crippen MR) is 95.1 cm³/mol. The number of nitrogens with zero attached hydrogens (tertiary/aromatic N) is 2. The molecule has 0 radical (unpaired) electrons. The van der Waals surface area contributed by atoms with Gasteiger partial charge in [0.05, 0.1) is 0 Å². The third kappa shape index (κ3) is 3.97. The lowest BCUT2D eigenvalue weighted by Gasteiger charge is -2.31. The van der Waals surface area contributed by atoms with Gasteiger partial charge in [-0.25, -0.2) is 0 Å². The summed E-state index contributed by atoms with van der Waals surface area (Å²) in [6, 6.07) is 7.30. The van der Waals surface area contributed by atoms with Crippen molar-refractivity contribution in [3.05, 3.63) is 35.4 Å². The summed E-state index contributed by atoms with van der Waals surface area (Å²) < 4.78 is 0. The lowest BCUT2D eigenvalue weighted by molar-refractivity contribution is 0.0683. The Morgan fingerprint density at radius 1 is 0.875 bits per heavy atom. The minimum Gasteiger partial charge on any atom is -0.339 e. The van der Waals surface area contributed by atoms with Gasteiger partial charge in [-0.1, -0.05) is 25.8 Å². The maximum atomic E-state index is 12.8. The van der Waals surface area contributed by atoms with Crippen molar-refractivity contribution in [2.45, 2.75) is 45.4 Å². The molecule has 1 unspecified atom stereocenters. The van der Waals surface area contributed by atoms with Crippen molar-refractivity contribution in [1.82, 2.24) is 9.80 Å². The molecule has 2 aliphatic heterocycles. The monoisotopic (exact) mass is 328 g/mol. The molecule has 0 N–H and O–H groups in total. The van der Waals surface area contributed by atoms with Gasteiger partial charge >= 0.3 is 0 Å². The maximum Gasteiger partial charge on any atom is 0.253 e. The average molecular weight is 328 g/mol. The molecule has 0 aromatic heterocycles. The largest absolute Gasteiger partial charge is 0.339 e. The van der Waals surface area contributed by atoms with Crippen molar-refractivity contribution < 1.29 is 9.59 Å². The topological polar surface area (TPSA) is 40.6 Å². The van der Waals surface area contributed by atoms with Gasteiger partial charge in [0.15, 0.2) is 0 Å². The Balaban J connectivity index is 1.73. The second-order valence-electron chi connectivity index (χ2n) is 7.29. The van der Waals surface area contributed by atoms with Crippen LogP contribution in [0.15, 0.2) is 24.3 Å². The first-order chi connectivity index (χ1) is 11.6. The number of likely N-dealkylation sites (tertiary alicyclic amines) is 2. The fourth-order valence-corrected chi connectivity index (χ4v) is 3.80. The Morgan fingerprint density at radius 3 is 2.08 bits per heavy atom. The van der Waals surface area contributed by atoms with E-state index in [1.165, 1.54) is 19.3 Å². The van der Waals surface area contributed by atoms with Crippen LogP contribution in [0.25, 0.3) is 0 Å². The van der Waals surface area contributed by atoms with Crippen LogP contribution in [0, 0.1) is 5.92 Å². The van der Waals surface area contributed by atoms with Crippen molar-refractivity contribution in [1.29, 1.82) is 0 Å². The van der Waals surface area contributed by atoms with Crippen molar-refractivity contribution >= 4 is 11.8 Å². The van der Waals surface area contributed by atoms with Crippen LogP contribution in [0.5, 0.6) is 0 Å². The van der Waals surface area contributed by atoms with E-state index in [1.54, 1.807) is 6.07 Å². The number of hydrogen-bond donors (Lipinski definition) is 0. The number of carbonyl (C=O) groups is 2. The highest BCUT2D eigenvalue weighted by Crippen LogP contribution is 2.19. The van der Waals surface area contributed by atoms with Crippen LogP contribution in [-0.4, -0.2) is 47.8 Å². The standard InChI is InChI=1S/C20H28N2O2/c1-16-8-7-13-22(15-16)20(24)18-10-6-9-17(14-18)19(23)21-11-4-2-3-5-12-21/h6,9-10,14,16H,2-5,7-8,11-13,15H2,1H3. The third-order valence-electron chi connectivity index (χ3n) is 5.19. The fourth-order valence-electron chi connectivity index (χ4n) is 3.80. The second-order valence-corrected chi connectivity index (χ2v) is 7.29. The van der Waals surface area contributed by atoms with Crippen molar-refractivity contribution in [3.63, 3.8) is 0 Å². The quantitative estimate of drug-likeness (QED) is 0.832. The number of piperidine rings is 1. The maximum absolute atomic E-state index is 12.8. The summed E-state index contributed by atoms with van der Waals surface area (Å²) in [5.74, 6) is 0.690. The Labute approximate surface area is 144 Å². The number of hydrogen-bond acceptors (Lipinski definition) is 2. The number of benzene rings is 1. The summed E-state index contributed by atoms with van der Waals surface area (Å²) >= 11 is 0. The molecule has 2 aliphatic rings. The molecule has 130 valence electrons. The van der Waals surface area contributed by atoms with Gasteiger partial charge in [0.1, 0.15) is 0 Å². The van der Waals surface area contributed by atoms with Crippen LogP contribution >= 0.6 is 0 Å². The number of carbonyl (C=O) groups excluding carboxylic acids is 2. The van der Waals surface area contributed by atoms with Gasteiger partial charge in [-0.2, -0.15) is 0 Å². The summed E-state index contributed by atoms with van der Waals surface area (Å²) in [5, 5.41) is 0. The first-order valence-electron chi connectivity index (χ1n) is 9.34. The van der Waals surface area contributed by atoms with E-state index in [2.05, 4.69) is 6.92 Å². The molecule has 4 heteroatoms. The number of rotatable bonds is 2. The Hall–Kier alpha value is -1.84. The molecule has 2 fully saturated rings. The molecule has 2 saturated heterocycles. The molecular formula is C20H28N2O2. The lowest BCUT2D eigenvalue weighted by atomic mass is 9.99. The van der Waals surface area contributed by atoms with E-state index in [-0.39, 0.29) is 11.8 Å².